The Morgan fingerprint density at radius 2 is 1.67 bits per heavy atom. The monoisotopic (exact) mass is 598 g/mol. The van der Waals surface area contributed by atoms with Crippen molar-refractivity contribution in [2.24, 2.45) is 10.9 Å². The second kappa shape index (κ2) is 13.6. The van der Waals surface area contributed by atoms with Gasteiger partial charge < -0.3 is 14.7 Å². The van der Waals surface area contributed by atoms with Gasteiger partial charge in [0.25, 0.3) is 5.69 Å². The molecule has 2 aromatic carbocycles. The van der Waals surface area contributed by atoms with Gasteiger partial charge in [0.15, 0.2) is 0 Å². The average Bonchev–Trinajstić information content (AvgIpc) is 3.00. The van der Waals surface area contributed by atoms with E-state index in [9.17, 15) is 23.3 Å². The van der Waals surface area contributed by atoms with Crippen molar-refractivity contribution in [3.8, 4) is 0 Å². The first-order valence-electron chi connectivity index (χ1n) is 14.7. The molecule has 2 aromatic rings. The van der Waals surface area contributed by atoms with E-state index in [1.807, 2.05) is 18.7 Å². The molecule has 42 heavy (non-hydrogen) atoms. The number of hydrogen-bond acceptors (Lipinski definition) is 8. The second-order valence-electron chi connectivity index (χ2n) is 11.0. The van der Waals surface area contributed by atoms with Gasteiger partial charge in [-0.2, -0.15) is 0 Å². The summed E-state index contributed by atoms with van der Waals surface area (Å²) in [6.45, 7) is 8.08. The minimum Gasteiger partial charge on any atom is -0.370 e. The summed E-state index contributed by atoms with van der Waals surface area (Å²) in [6.07, 6.45) is 6.33. The van der Waals surface area contributed by atoms with Crippen LogP contribution in [0.25, 0.3) is 0 Å². The Hall–Kier alpha value is -3.51. The third-order valence-electron chi connectivity index (χ3n) is 8.16. The lowest BCUT2D eigenvalue weighted by atomic mass is 9.95. The minimum absolute atomic E-state index is 0.0655. The predicted octanol–water partition coefficient (Wildman–Crippen LogP) is 4.67. The number of nitrogens with zero attached hydrogens (tertiary/aromatic N) is 6. The van der Waals surface area contributed by atoms with E-state index in [1.165, 1.54) is 30.5 Å². The topological polar surface area (TPSA) is 120 Å². The molecule has 0 saturated carbocycles. The zero-order chi connectivity index (χ0) is 30.4. The highest BCUT2D eigenvalue weighted by atomic mass is 32.2. The fourth-order valence-electron chi connectivity index (χ4n) is 5.76. The van der Waals surface area contributed by atoms with E-state index in [2.05, 4.69) is 14.8 Å². The normalized spacial score (nSPS) is 18.1. The Kier molecular flexibility index (Phi) is 10.2. The average molecular weight is 599 g/mol. The fraction of sp³-hybridized carbons (Fsp3) is 0.533. The Labute approximate surface area is 249 Å². The lowest BCUT2D eigenvalue weighted by molar-refractivity contribution is -0.384. The summed E-state index contributed by atoms with van der Waals surface area (Å²) < 4.78 is 27.8. The van der Waals surface area contributed by atoms with Crippen molar-refractivity contribution in [2.45, 2.75) is 50.8 Å². The number of nitro benzene ring substituents is 1. The van der Waals surface area contributed by atoms with Crippen molar-refractivity contribution in [1.82, 2.24) is 9.21 Å². The molecule has 12 heteroatoms. The maximum absolute atomic E-state index is 13.3. The fourth-order valence-corrected chi connectivity index (χ4v) is 6.89. The van der Waals surface area contributed by atoms with E-state index in [1.54, 1.807) is 30.5 Å². The highest BCUT2D eigenvalue weighted by molar-refractivity contribution is 7.89. The van der Waals surface area contributed by atoms with Gasteiger partial charge in [0, 0.05) is 83.0 Å². The predicted molar refractivity (Wildman–Crippen MR) is 167 cm³/mol. The molecule has 0 spiro atoms. The SMILES string of the molecule is CCN(CC)C(=O)[C@H]1CCCN(c2ccc([N+](=O)[O-])cc2C=Nc2ccc(N3CCCCC3)c(S(=O)(=O)N(C)C)c2)C1. The van der Waals surface area contributed by atoms with Crippen LogP contribution in [0.1, 0.15) is 51.5 Å². The Morgan fingerprint density at radius 3 is 2.31 bits per heavy atom. The van der Waals surface area contributed by atoms with Gasteiger partial charge >= 0.3 is 0 Å². The van der Waals surface area contributed by atoms with Crippen LogP contribution in [0.2, 0.25) is 0 Å². The first-order valence-corrected chi connectivity index (χ1v) is 16.2. The largest absolute Gasteiger partial charge is 0.370 e. The molecule has 1 amide bonds. The van der Waals surface area contributed by atoms with Gasteiger partial charge in [-0.1, -0.05) is 0 Å². The molecule has 0 radical (unpaired) electrons. The van der Waals surface area contributed by atoms with Gasteiger partial charge in [-0.3, -0.25) is 19.9 Å². The molecule has 2 heterocycles. The molecule has 2 aliphatic rings. The van der Waals surface area contributed by atoms with Crippen molar-refractivity contribution in [3.05, 3.63) is 52.1 Å². The summed E-state index contributed by atoms with van der Waals surface area (Å²) in [4.78, 5) is 35.1. The highest BCUT2D eigenvalue weighted by Crippen LogP contribution is 2.34. The van der Waals surface area contributed by atoms with Gasteiger partial charge in [-0.25, -0.2) is 12.7 Å². The molecule has 0 bridgehead atoms. The lowest BCUT2D eigenvalue weighted by Gasteiger charge is -2.36. The standard InChI is InChI=1S/C30H42N6O5S/c1-5-33(6-2)30(37)23-11-10-18-35(22-23)27-15-13-26(36(38)39)19-24(27)21-31-25-12-14-28(34-16-8-7-9-17-34)29(20-25)42(40,41)32(3)4/h12-15,19-21,23H,5-11,16-18,22H2,1-4H3/t23-/m0/s1. The quantitative estimate of drug-likeness (QED) is 0.221. The van der Waals surface area contributed by atoms with Gasteiger partial charge in [0.05, 0.1) is 22.2 Å². The number of nitro groups is 1. The van der Waals surface area contributed by atoms with Gasteiger partial charge in [-0.15, -0.1) is 0 Å². The molecule has 0 aliphatic carbocycles. The molecule has 2 aliphatic heterocycles. The van der Waals surface area contributed by atoms with Crippen LogP contribution in [0.5, 0.6) is 0 Å². The van der Waals surface area contributed by atoms with Gasteiger partial charge in [-0.05, 0) is 70.2 Å². The van der Waals surface area contributed by atoms with Crippen LogP contribution < -0.4 is 9.80 Å². The molecule has 0 aromatic heterocycles. The van der Waals surface area contributed by atoms with E-state index < -0.39 is 14.9 Å². The van der Waals surface area contributed by atoms with Crippen molar-refractivity contribution >= 4 is 44.9 Å². The summed E-state index contributed by atoms with van der Waals surface area (Å²) in [5, 5.41) is 11.6. The first kappa shape index (κ1) is 31.4. The summed E-state index contributed by atoms with van der Waals surface area (Å²) in [6, 6.07) is 9.83. The molecule has 2 saturated heterocycles. The van der Waals surface area contributed by atoms with Crippen molar-refractivity contribution < 1.29 is 18.1 Å². The smallest absolute Gasteiger partial charge is 0.270 e. The Bertz CT molecular complexity index is 1420. The zero-order valence-corrected chi connectivity index (χ0v) is 25.8. The van der Waals surface area contributed by atoms with Gasteiger partial charge in [0.2, 0.25) is 15.9 Å². The Balaban J connectivity index is 1.70. The number of non-ortho nitro benzene ring substituents is 1. The third kappa shape index (κ3) is 6.92. The first-order chi connectivity index (χ1) is 20.1. The Morgan fingerprint density at radius 1 is 1.00 bits per heavy atom. The van der Waals surface area contributed by atoms with E-state index >= 15 is 0 Å². The van der Waals surface area contributed by atoms with Crippen molar-refractivity contribution in [2.75, 3.05) is 63.2 Å². The molecule has 11 nitrogen and oxygen atoms in total. The number of anilines is 2. The van der Waals surface area contributed by atoms with E-state index in [-0.39, 0.29) is 22.4 Å². The van der Waals surface area contributed by atoms with Crippen LogP contribution in [0.4, 0.5) is 22.7 Å². The number of rotatable bonds is 10. The molecule has 0 N–H and O–H groups in total. The molecular formula is C30H42N6O5S. The van der Waals surface area contributed by atoms with Crippen LogP contribution >= 0.6 is 0 Å². The van der Waals surface area contributed by atoms with Crippen LogP contribution in [0.3, 0.4) is 0 Å². The molecule has 228 valence electrons. The third-order valence-corrected chi connectivity index (χ3v) is 10.0. The molecule has 1 atom stereocenters. The maximum Gasteiger partial charge on any atom is 0.270 e. The van der Waals surface area contributed by atoms with Crippen LogP contribution in [0, 0.1) is 16.0 Å². The molecule has 4 rings (SSSR count). The number of benzene rings is 2. The number of hydrogen-bond donors (Lipinski definition) is 0. The summed E-state index contributed by atoms with van der Waals surface area (Å²) in [5.74, 6) is -0.0231. The highest BCUT2D eigenvalue weighted by Gasteiger charge is 2.30. The maximum atomic E-state index is 13.3. The van der Waals surface area contributed by atoms with E-state index in [0.717, 1.165) is 57.4 Å². The van der Waals surface area contributed by atoms with Crippen molar-refractivity contribution in [3.63, 3.8) is 0 Å². The molecule has 2 fully saturated rings. The van der Waals surface area contributed by atoms with Crippen molar-refractivity contribution in [1.29, 1.82) is 0 Å². The van der Waals surface area contributed by atoms with E-state index in [4.69, 9.17) is 0 Å². The van der Waals surface area contributed by atoms with Crippen LogP contribution in [-0.2, 0) is 14.8 Å². The number of sulfonamides is 1. The summed E-state index contributed by atoms with van der Waals surface area (Å²) in [5.41, 5.74) is 2.33. The summed E-state index contributed by atoms with van der Waals surface area (Å²) >= 11 is 0. The zero-order valence-electron chi connectivity index (χ0n) is 25.0. The number of amides is 1. The number of carbonyl (C=O) groups excluding carboxylic acids is 1. The minimum atomic E-state index is -3.75. The van der Waals surface area contributed by atoms with E-state index in [0.29, 0.717) is 36.6 Å². The molecular weight excluding hydrogens is 556 g/mol. The van der Waals surface area contributed by atoms with Crippen LogP contribution in [-0.4, -0.2) is 88.0 Å². The van der Waals surface area contributed by atoms with Gasteiger partial charge in [0.1, 0.15) is 4.90 Å². The molecule has 0 unspecified atom stereocenters. The van der Waals surface area contributed by atoms with Crippen LogP contribution in [0.15, 0.2) is 46.3 Å². The summed E-state index contributed by atoms with van der Waals surface area (Å²) in [7, 11) is -0.724. The number of piperidine rings is 2. The lowest BCUT2D eigenvalue weighted by Crippen LogP contribution is -2.45. The second-order valence-corrected chi connectivity index (χ2v) is 13.2. The number of carbonyl (C=O) groups is 1. The number of aliphatic imine (C=N–C) groups is 1.